The Morgan fingerprint density at radius 3 is 2.54 bits per heavy atom. The van der Waals surface area contributed by atoms with E-state index in [1.54, 1.807) is 12.1 Å². The maximum atomic E-state index is 12.3. The van der Waals surface area contributed by atoms with Gasteiger partial charge in [0.1, 0.15) is 0 Å². The Morgan fingerprint density at radius 1 is 1.21 bits per heavy atom. The number of nitrogens with one attached hydrogen (secondary N) is 1. The summed E-state index contributed by atoms with van der Waals surface area (Å²) < 4.78 is 1.46. The van der Waals surface area contributed by atoms with E-state index in [2.05, 4.69) is 23.9 Å². The van der Waals surface area contributed by atoms with Crippen LogP contribution < -0.4 is 10.9 Å². The number of hydrogen-bond acceptors (Lipinski definition) is 3. The van der Waals surface area contributed by atoms with E-state index in [9.17, 15) is 4.79 Å². The van der Waals surface area contributed by atoms with Gasteiger partial charge in [0.15, 0.2) is 0 Å². The molecule has 0 unspecified atom stereocenters. The van der Waals surface area contributed by atoms with E-state index in [-0.39, 0.29) is 5.56 Å². The molecule has 2 rings (SSSR count). The van der Waals surface area contributed by atoms with Crippen LogP contribution >= 0.6 is 0 Å². The van der Waals surface area contributed by atoms with Crippen molar-refractivity contribution in [1.29, 1.82) is 0 Å². The Kier molecular flexibility index (Phi) is 5.74. The molecule has 0 aliphatic carbocycles. The van der Waals surface area contributed by atoms with Gasteiger partial charge in [-0.05, 0) is 50.5 Å². The molecule has 0 aliphatic rings. The van der Waals surface area contributed by atoms with Crippen molar-refractivity contribution in [2.75, 3.05) is 6.54 Å². The van der Waals surface area contributed by atoms with Gasteiger partial charge in [-0.15, -0.1) is 0 Å². The van der Waals surface area contributed by atoms with Crippen molar-refractivity contribution >= 4 is 5.57 Å². The van der Waals surface area contributed by atoms with Crippen LogP contribution in [0.15, 0.2) is 59.0 Å². The molecule has 1 heterocycles. The second-order valence-electron chi connectivity index (χ2n) is 5.96. The number of allylic oxidation sites excluding steroid dienone is 3. The lowest BCUT2D eigenvalue weighted by Crippen LogP contribution is -2.23. The van der Waals surface area contributed by atoms with Crippen LogP contribution in [0, 0.1) is 6.92 Å². The Bertz CT molecular complexity index is 831. The molecule has 0 amide bonds. The highest BCUT2D eigenvalue weighted by Gasteiger charge is 2.12. The summed E-state index contributed by atoms with van der Waals surface area (Å²) in [5.41, 5.74) is 5.28. The van der Waals surface area contributed by atoms with Gasteiger partial charge in [0.05, 0.1) is 11.4 Å². The average Bonchev–Trinajstić information content (AvgIpc) is 2.55. The fourth-order valence-corrected chi connectivity index (χ4v) is 2.65. The molecule has 0 radical (unpaired) electrons. The largest absolute Gasteiger partial charge is 0.388 e. The second-order valence-corrected chi connectivity index (χ2v) is 5.96. The Labute approximate surface area is 143 Å². The molecule has 0 spiro atoms. The number of nitrogens with zero attached hydrogens (tertiary/aromatic N) is 2. The predicted octanol–water partition coefficient (Wildman–Crippen LogP) is 3.85. The molecule has 0 bridgehead atoms. The normalized spacial score (nSPS) is 11.8. The van der Waals surface area contributed by atoms with Crippen molar-refractivity contribution in [2.24, 2.45) is 0 Å². The van der Waals surface area contributed by atoms with Crippen LogP contribution in [0.3, 0.4) is 0 Å². The maximum absolute atomic E-state index is 12.3. The molecule has 2 aromatic rings. The zero-order valence-corrected chi connectivity index (χ0v) is 14.9. The zero-order valence-electron chi connectivity index (χ0n) is 14.9. The van der Waals surface area contributed by atoms with Crippen LogP contribution in [0.25, 0.3) is 11.3 Å². The third-order valence-corrected chi connectivity index (χ3v) is 3.84. The van der Waals surface area contributed by atoms with Crippen molar-refractivity contribution in [2.45, 2.75) is 34.1 Å². The van der Waals surface area contributed by atoms with Crippen LogP contribution in [-0.2, 0) is 0 Å². The Hall–Kier alpha value is -2.62. The van der Waals surface area contributed by atoms with Crippen molar-refractivity contribution in [3.8, 4) is 5.69 Å². The molecule has 1 N–H and O–H groups in total. The van der Waals surface area contributed by atoms with Gasteiger partial charge >= 0.3 is 0 Å². The molecule has 4 heteroatoms. The minimum absolute atomic E-state index is 0.145. The number of rotatable bonds is 6. The molecule has 0 fully saturated rings. The highest BCUT2D eigenvalue weighted by atomic mass is 16.1. The van der Waals surface area contributed by atoms with Gasteiger partial charge in [0, 0.05) is 23.9 Å². The summed E-state index contributed by atoms with van der Waals surface area (Å²) in [5.74, 6) is 0. The van der Waals surface area contributed by atoms with E-state index in [1.807, 2.05) is 45.0 Å². The smallest absolute Gasteiger partial charge is 0.271 e. The van der Waals surface area contributed by atoms with Gasteiger partial charge in [0.25, 0.3) is 5.56 Å². The summed E-state index contributed by atoms with van der Waals surface area (Å²) in [7, 11) is 0. The predicted molar refractivity (Wildman–Crippen MR) is 100 cm³/mol. The SMILES string of the molecule is C=C(C)/C(=C(\C)NCCC)c1ccc(=O)n(-c2ccccc2C)n1. The highest BCUT2D eigenvalue weighted by Crippen LogP contribution is 2.22. The quantitative estimate of drug-likeness (QED) is 0.822. The van der Waals surface area contributed by atoms with E-state index < -0.39 is 0 Å². The van der Waals surface area contributed by atoms with E-state index in [0.29, 0.717) is 0 Å². The number of aryl methyl sites for hydroxylation is 1. The molecule has 1 aromatic carbocycles. The molecule has 0 atom stereocenters. The van der Waals surface area contributed by atoms with Crippen molar-refractivity contribution in [3.05, 3.63) is 75.9 Å². The molecule has 0 saturated heterocycles. The first-order valence-electron chi connectivity index (χ1n) is 8.23. The molecule has 126 valence electrons. The Morgan fingerprint density at radius 2 is 1.92 bits per heavy atom. The summed E-state index contributed by atoms with van der Waals surface area (Å²) in [4.78, 5) is 12.3. The van der Waals surface area contributed by atoms with Gasteiger partial charge in [0.2, 0.25) is 0 Å². The van der Waals surface area contributed by atoms with Crippen molar-refractivity contribution in [3.63, 3.8) is 0 Å². The first-order chi connectivity index (χ1) is 11.5. The molecule has 0 aliphatic heterocycles. The van der Waals surface area contributed by atoms with Gasteiger partial charge < -0.3 is 5.32 Å². The van der Waals surface area contributed by atoms with Crippen LogP contribution in [0.4, 0.5) is 0 Å². The average molecular weight is 323 g/mol. The summed E-state index contributed by atoms with van der Waals surface area (Å²) >= 11 is 0. The van der Waals surface area contributed by atoms with Gasteiger partial charge in [-0.2, -0.15) is 9.78 Å². The number of para-hydroxylation sites is 1. The van der Waals surface area contributed by atoms with Gasteiger partial charge in [-0.3, -0.25) is 4.79 Å². The molecular weight excluding hydrogens is 298 g/mol. The lowest BCUT2D eigenvalue weighted by molar-refractivity contribution is 0.764. The summed E-state index contributed by atoms with van der Waals surface area (Å²) in [5, 5.41) is 7.99. The van der Waals surface area contributed by atoms with E-state index in [4.69, 9.17) is 0 Å². The molecule has 0 saturated carbocycles. The fourth-order valence-electron chi connectivity index (χ4n) is 2.65. The molecule has 1 aromatic heterocycles. The van der Waals surface area contributed by atoms with Crippen molar-refractivity contribution < 1.29 is 0 Å². The third kappa shape index (κ3) is 3.82. The minimum Gasteiger partial charge on any atom is -0.388 e. The highest BCUT2D eigenvalue weighted by molar-refractivity contribution is 5.77. The maximum Gasteiger partial charge on any atom is 0.271 e. The van der Waals surface area contributed by atoms with Crippen LogP contribution in [0.2, 0.25) is 0 Å². The topological polar surface area (TPSA) is 46.9 Å². The zero-order chi connectivity index (χ0) is 17.7. The van der Waals surface area contributed by atoms with Crippen molar-refractivity contribution in [1.82, 2.24) is 15.1 Å². The summed E-state index contributed by atoms with van der Waals surface area (Å²) in [6, 6.07) is 11.1. The number of aromatic nitrogens is 2. The van der Waals surface area contributed by atoms with E-state index in [0.717, 1.165) is 46.8 Å². The van der Waals surface area contributed by atoms with Gasteiger partial charge in [-0.25, -0.2) is 0 Å². The number of benzene rings is 1. The van der Waals surface area contributed by atoms with E-state index in [1.165, 1.54) is 4.68 Å². The van der Waals surface area contributed by atoms with Crippen LogP contribution in [0.1, 0.15) is 38.4 Å². The lowest BCUT2D eigenvalue weighted by atomic mass is 10.0. The minimum atomic E-state index is -0.145. The first kappa shape index (κ1) is 17.7. The lowest BCUT2D eigenvalue weighted by Gasteiger charge is -2.15. The van der Waals surface area contributed by atoms with Crippen LogP contribution in [-0.4, -0.2) is 16.3 Å². The molecular formula is C20H25N3O. The fraction of sp³-hybridized carbons (Fsp3) is 0.300. The third-order valence-electron chi connectivity index (χ3n) is 3.84. The molecule has 24 heavy (non-hydrogen) atoms. The molecule has 4 nitrogen and oxygen atoms in total. The van der Waals surface area contributed by atoms with Crippen LogP contribution in [0.5, 0.6) is 0 Å². The number of hydrogen-bond donors (Lipinski definition) is 1. The summed E-state index contributed by atoms with van der Waals surface area (Å²) in [6.07, 6.45) is 1.04. The second kappa shape index (κ2) is 7.77. The standard InChI is InChI=1S/C20H25N3O/c1-6-13-21-16(5)20(14(2)3)17-11-12-19(24)23(22-17)18-10-8-7-9-15(18)4/h7-12,21H,2,6,13H2,1,3-5H3/b20-16-. The first-order valence-corrected chi connectivity index (χ1v) is 8.23. The summed E-state index contributed by atoms with van der Waals surface area (Å²) in [6.45, 7) is 13.0. The monoisotopic (exact) mass is 323 g/mol. The van der Waals surface area contributed by atoms with E-state index >= 15 is 0 Å². The van der Waals surface area contributed by atoms with Gasteiger partial charge in [-0.1, -0.05) is 31.7 Å². The Balaban J connectivity index is 2.60.